The van der Waals surface area contributed by atoms with Crippen molar-refractivity contribution in [3.05, 3.63) is 28.8 Å². The van der Waals surface area contributed by atoms with Gasteiger partial charge >= 0.3 is 0 Å². The van der Waals surface area contributed by atoms with Gasteiger partial charge in [-0.1, -0.05) is 24.6 Å². The van der Waals surface area contributed by atoms with Gasteiger partial charge in [-0.2, -0.15) is 0 Å². The van der Waals surface area contributed by atoms with Crippen molar-refractivity contribution in [2.45, 2.75) is 13.3 Å². The van der Waals surface area contributed by atoms with Crippen molar-refractivity contribution in [2.75, 3.05) is 18.8 Å². The molecule has 0 aliphatic carbocycles. The highest BCUT2D eigenvalue weighted by molar-refractivity contribution is 6.34. The van der Waals surface area contributed by atoms with Crippen LogP contribution in [-0.4, -0.2) is 23.9 Å². The molecule has 1 atom stereocenters. The summed E-state index contributed by atoms with van der Waals surface area (Å²) in [6.07, 6.45) is 1.05. The third kappa shape index (κ3) is 2.00. The van der Waals surface area contributed by atoms with Gasteiger partial charge in [0.25, 0.3) is 5.91 Å². The molecule has 86 valence electrons. The molecule has 16 heavy (non-hydrogen) atoms. The molecule has 1 amide bonds. The van der Waals surface area contributed by atoms with Gasteiger partial charge in [0.2, 0.25) is 0 Å². The average molecular weight is 239 g/mol. The van der Waals surface area contributed by atoms with Gasteiger partial charge in [-0.15, -0.1) is 0 Å². The number of hydrogen-bond acceptors (Lipinski definition) is 2. The molecule has 0 radical (unpaired) electrons. The number of nitrogen functional groups attached to an aromatic ring is 1. The molecule has 1 aromatic rings. The van der Waals surface area contributed by atoms with E-state index in [4.69, 9.17) is 17.3 Å². The molecule has 1 fully saturated rings. The van der Waals surface area contributed by atoms with Crippen LogP contribution in [0.5, 0.6) is 0 Å². The highest BCUT2D eigenvalue weighted by Gasteiger charge is 2.26. The Morgan fingerprint density at radius 3 is 2.88 bits per heavy atom. The van der Waals surface area contributed by atoms with E-state index in [1.807, 2.05) is 4.90 Å². The summed E-state index contributed by atoms with van der Waals surface area (Å²) in [5.74, 6) is 0.514. The van der Waals surface area contributed by atoms with Gasteiger partial charge in [0.05, 0.1) is 10.6 Å². The molecule has 2 rings (SSSR count). The van der Waals surface area contributed by atoms with Gasteiger partial charge in [-0.3, -0.25) is 4.79 Å². The molecule has 4 heteroatoms. The van der Waals surface area contributed by atoms with Crippen LogP contribution in [0.3, 0.4) is 0 Å². The SMILES string of the molecule is CC1CCN(C(=O)c2c(N)cccc2Cl)C1. The number of amides is 1. The van der Waals surface area contributed by atoms with E-state index in [-0.39, 0.29) is 5.91 Å². The lowest BCUT2D eigenvalue weighted by Crippen LogP contribution is -2.29. The third-order valence-electron chi connectivity index (χ3n) is 2.97. The first-order chi connectivity index (χ1) is 7.59. The maximum absolute atomic E-state index is 12.2. The molecule has 0 spiro atoms. The predicted octanol–water partition coefficient (Wildman–Crippen LogP) is 2.40. The zero-order chi connectivity index (χ0) is 11.7. The summed E-state index contributed by atoms with van der Waals surface area (Å²) in [6.45, 7) is 3.73. The highest BCUT2D eigenvalue weighted by Crippen LogP contribution is 2.26. The summed E-state index contributed by atoms with van der Waals surface area (Å²) in [7, 11) is 0. The van der Waals surface area contributed by atoms with Crippen molar-refractivity contribution in [1.82, 2.24) is 4.90 Å². The maximum atomic E-state index is 12.2. The Balaban J connectivity index is 2.27. The number of benzene rings is 1. The fourth-order valence-electron chi connectivity index (χ4n) is 2.04. The Bertz CT molecular complexity index is 399. The predicted molar refractivity (Wildman–Crippen MR) is 65.5 cm³/mol. The minimum absolute atomic E-state index is 0.0487. The Hall–Kier alpha value is -1.22. The van der Waals surface area contributed by atoms with Crippen molar-refractivity contribution < 1.29 is 4.79 Å². The van der Waals surface area contributed by atoms with Gasteiger partial charge in [0, 0.05) is 18.8 Å². The smallest absolute Gasteiger partial charge is 0.257 e. The van der Waals surface area contributed by atoms with Crippen LogP contribution < -0.4 is 5.73 Å². The number of carbonyl (C=O) groups is 1. The lowest BCUT2D eigenvalue weighted by atomic mass is 10.1. The van der Waals surface area contributed by atoms with Gasteiger partial charge in [0.15, 0.2) is 0 Å². The van der Waals surface area contributed by atoms with Crippen molar-refractivity contribution in [1.29, 1.82) is 0 Å². The second-order valence-electron chi connectivity index (χ2n) is 4.35. The first kappa shape index (κ1) is 11.3. The van der Waals surface area contributed by atoms with Crippen LogP contribution in [0.2, 0.25) is 5.02 Å². The van der Waals surface area contributed by atoms with Crippen molar-refractivity contribution in [2.24, 2.45) is 5.92 Å². The fourth-order valence-corrected chi connectivity index (χ4v) is 2.31. The number of halogens is 1. The van der Waals surface area contributed by atoms with Gasteiger partial charge < -0.3 is 10.6 Å². The lowest BCUT2D eigenvalue weighted by molar-refractivity contribution is 0.0789. The molecule has 0 saturated carbocycles. The summed E-state index contributed by atoms with van der Waals surface area (Å²) in [5, 5.41) is 0.435. The van der Waals surface area contributed by atoms with Gasteiger partial charge in [-0.05, 0) is 24.5 Å². The molecule has 0 bridgehead atoms. The molecule has 1 heterocycles. The van der Waals surface area contributed by atoms with Crippen LogP contribution in [-0.2, 0) is 0 Å². The molecular weight excluding hydrogens is 224 g/mol. The highest BCUT2D eigenvalue weighted by atomic mass is 35.5. The van der Waals surface area contributed by atoms with Gasteiger partial charge in [-0.25, -0.2) is 0 Å². The summed E-state index contributed by atoms with van der Waals surface area (Å²) in [5.41, 5.74) is 6.69. The molecule has 1 saturated heterocycles. The van der Waals surface area contributed by atoms with Crippen LogP contribution in [0.15, 0.2) is 18.2 Å². The topological polar surface area (TPSA) is 46.3 Å². The molecule has 1 aliphatic rings. The normalized spacial score (nSPS) is 20.1. The first-order valence-corrected chi connectivity index (χ1v) is 5.80. The molecule has 3 nitrogen and oxygen atoms in total. The summed E-state index contributed by atoms with van der Waals surface area (Å²) >= 11 is 6.01. The van der Waals surface area contributed by atoms with E-state index in [1.165, 1.54) is 0 Å². The van der Waals surface area contributed by atoms with Crippen LogP contribution in [0.1, 0.15) is 23.7 Å². The average Bonchev–Trinajstić information content (AvgIpc) is 2.64. The van der Waals surface area contributed by atoms with Crippen LogP contribution >= 0.6 is 11.6 Å². The van der Waals surface area contributed by atoms with E-state index < -0.39 is 0 Å². The number of likely N-dealkylation sites (tertiary alicyclic amines) is 1. The molecule has 1 aliphatic heterocycles. The fraction of sp³-hybridized carbons (Fsp3) is 0.417. The number of nitrogens with zero attached hydrogens (tertiary/aromatic N) is 1. The Morgan fingerprint density at radius 2 is 2.31 bits per heavy atom. The van der Waals surface area contributed by atoms with E-state index in [9.17, 15) is 4.79 Å². The van der Waals surface area contributed by atoms with E-state index in [0.29, 0.717) is 22.2 Å². The number of hydrogen-bond donors (Lipinski definition) is 1. The van der Waals surface area contributed by atoms with Crippen LogP contribution in [0.25, 0.3) is 0 Å². The minimum Gasteiger partial charge on any atom is -0.398 e. The minimum atomic E-state index is -0.0487. The van der Waals surface area contributed by atoms with Crippen LogP contribution in [0.4, 0.5) is 5.69 Å². The molecule has 2 N–H and O–H groups in total. The van der Waals surface area contributed by atoms with Crippen molar-refractivity contribution in [3.8, 4) is 0 Å². The van der Waals surface area contributed by atoms with Crippen molar-refractivity contribution >= 4 is 23.2 Å². The molecule has 1 unspecified atom stereocenters. The lowest BCUT2D eigenvalue weighted by Gasteiger charge is -2.17. The number of anilines is 1. The first-order valence-electron chi connectivity index (χ1n) is 5.43. The molecular formula is C12H15ClN2O. The van der Waals surface area contributed by atoms with Crippen LogP contribution in [0, 0.1) is 5.92 Å². The molecule has 0 aromatic heterocycles. The quantitative estimate of drug-likeness (QED) is 0.764. The van der Waals surface area contributed by atoms with Gasteiger partial charge in [0.1, 0.15) is 0 Å². The van der Waals surface area contributed by atoms with E-state index in [1.54, 1.807) is 18.2 Å². The maximum Gasteiger partial charge on any atom is 0.257 e. The second-order valence-corrected chi connectivity index (χ2v) is 4.76. The zero-order valence-electron chi connectivity index (χ0n) is 9.24. The summed E-state index contributed by atoms with van der Waals surface area (Å²) in [4.78, 5) is 14.0. The largest absolute Gasteiger partial charge is 0.398 e. The number of rotatable bonds is 1. The number of carbonyl (C=O) groups excluding carboxylic acids is 1. The summed E-state index contributed by atoms with van der Waals surface area (Å²) in [6, 6.07) is 5.16. The van der Waals surface area contributed by atoms with Crippen molar-refractivity contribution in [3.63, 3.8) is 0 Å². The third-order valence-corrected chi connectivity index (χ3v) is 3.29. The van der Waals surface area contributed by atoms with E-state index >= 15 is 0 Å². The van der Waals surface area contributed by atoms with E-state index in [0.717, 1.165) is 19.5 Å². The number of nitrogens with two attached hydrogens (primary N) is 1. The molecule has 1 aromatic carbocycles. The Morgan fingerprint density at radius 1 is 1.56 bits per heavy atom. The zero-order valence-corrected chi connectivity index (χ0v) is 10.00. The standard InChI is InChI=1S/C12H15ClN2O/c1-8-5-6-15(7-8)12(16)11-9(13)3-2-4-10(11)14/h2-4,8H,5-7,14H2,1H3. The Kier molecular flexibility index (Phi) is 3.06. The second kappa shape index (κ2) is 4.34. The summed E-state index contributed by atoms with van der Waals surface area (Å²) < 4.78 is 0. The van der Waals surface area contributed by atoms with E-state index in [2.05, 4.69) is 6.92 Å². The Labute approximate surface area is 100 Å². The monoisotopic (exact) mass is 238 g/mol.